The van der Waals surface area contributed by atoms with Crippen LogP contribution in [0.2, 0.25) is 0 Å². The minimum Gasteiger partial charge on any atom is -0.493 e. The molecule has 38 heavy (non-hydrogen) atoms. The number of halogens is 4. The first kappa shape index (κ1) is 28.0. The molecule has 0 aliphatic rings. The summed E-state index contributed by atoms with van der Waals surface area (Å²) in [5, 5.41) is 0. The smallest absolute Gasteiger partial charge is 0.389 e. The van der Waals surface area contributed by atoms with E-state index in [0.717, 1.165) is 12.1 Å². The molecule has 0 saturated carbocycles. The van der Waals surface area contributed by atoms with Gasteiger partial charge in [-0.2, -0.15) is 13.2 Å². The van der Waals surface area contributed by atoms with E-state index in [4.69, 9.17) is 25.7 Å². The van der Waals surface area contributed by atoms with Crippen LogP contribution in [0, 0.1) is 5.82 Å². The van der Waals surface area contributed by atoms with Crippen LogP contribution in [0.1, 0.15) is 34.3 Å². The number of rotatable bonds is 10. The fraction of sp³-hybridized carbons (Fsp3) is 0.185. The van der Waals surface area contributed by atoms with E-state index >= 15 is 0 Å². The van der Waals surface area contributed by atoms with Crippen molar-refractivity contribution in [3.8, 4) is 11.5 Å². The van der Waals surface area contributed by atoms with E-state index in [9.17, 15) is 27.2 Å². The lowest BCUT2D eigenvalue weighted by Gasteiger charge is -2.10. The molecule has 3 aromatic rings. The van der Waals surface area contributed by atoms with Gasteiger partial charge in [0, 0.05) is 35.5 Å². The van der Waals surface area contributed by atoms with Crippen molar-refractivity contribution in [1.82, 2.24) is 0 Å². The lowest BCUT2D eigenvalue weighted by Crippen LogP contribution is -2.11. The normalized spacial score (nSPS) is 11.4. The lowest BCUT2D eigenvalue weighted by atomic mass is 10.1. The molecule has 0 unspecified atom stereocenters. The van der Waals surface area contributed by atoms with Crippen LogP contribution in [0.3, 0.4) is 0 Å². The Hall–Kier alpha value is -4.54. The summed E-state index contributed by atoms with van der Waals surface area (Å²) in [6.07, 6.45) is -2.89. The molecule has 0 amide bonds. The molecule has 0 saturated heterocycles. The van der Waals surface area contributed by atoms with Crippen LogP contribution in [-0.4, -0.2) is 24.7 Å². The van der Waals surface area contributed by atoms with Gasteiger partial charge in [0.15, 0.2) is 0 Å². The van der Waals surface area contributed by atoms with Gasteiger partial charge in [0.1, 0.15) is 23.9 Å². The lowest BCUT2D eigenvalue weighted by molar-refractivity contribution is -0.139. The van der Waals surface area contributed by atoms with E-state index in [1.165, 1.54) is 30.4 Å². The SMILES string of the molecule is Nc1ccc(N)c(COC(=O)C=Cc2ccc(OC(=O)c3ccc(OCCCC(F)(F)F)cc3F)cc2)c1. The number of hydrogen-bond donors (Lipinski definition) is 2. The van der Waals surface area contributed by atoms with Crippen LogP contribution in [0.25, 0.3) is 6.08 Å². The largest absolute Gasteiger partial charge is 0.493 e. The summed E-state index contributed by atoms with van der Waals surface area (Å²) in [7, 11) is 0. The van der Waals surface area contributed by atoms with Gasteiger partial charge in [-0.25, -0.2) is 14.0 Å². The predicted molar refractivity (Wildman–Crippen MR) is 133 cm³/mol. The highest BCUT2D eigenvalue weighted by Crippen LogP contribution is 2.23. The summed E-state index contributed by atoms with van der Waals surface area (Å²) in [5.41, 5.74) is 13.3. The van der Waals surface area contributed by atoms with Crippen molar-refractivity contribution in [2.45, 2.75) is 25.6 Å². The molecule has 0 fully saturated rings. The zero-order valence-corrected chi connectivity index (χ0v) is 20.0. The third kappa shape index (κ3) is 8.84. The molecule has 3 rings (SSSR count). The molecule has 0 radical (unpaired) electrons. The third-order valence-electron chi connectivity index (χ3n) is 5.07. The number of nitrogen functional groups attached to an aromatic ring is 2. The fourth-order valence-corrected chi connectivity index (χ4v) is 3.13. The quantitative estimate of drug-likeness (QED) is 0.0862. The Bertz CT molecular complexity index is 1310. The highest BCUT2D eigenvalue weighted by molar-refractivity contribution is 5.91. The number of ether oxygens (including phenoxy) is 3. The maximum atomic E-state index is 14.3. The third-order valence-corrected chi connectivity index (χ3v) is 5.07. The van der Waals surface area contributed by atoms with Crippen LogP contribution in [0.4, 0.5) is 28.9 Å². The topological polar surface area (TPSA) is 114 Å². The second kappa shape index (κ2) is 12.6. The molecule has 200 valence electrons. The molecular weight excluding hydrogens is 508 g/mol. The minimum absolute atomic E-state index is 0.00717. The predicted octanol–water partition coefficient (Wildman–Crippen LogP) is 5.69. The number of carbonyl (C=O) groups excluding carboxylic acids is 2. The van der Waals surface area contributed by atoms with E-state index in [2.05, 4.69) is 0 Å². The summed E-state index contributed by atoms with van der Waals surface area (Å²) >= 11 is 0. The van der Waals surface area contributed by atoms with E-state index in [0.29, 0.717) is 22.5 Å². The Labute approximate surface area is 215 Å². The number of carbonyl (C=O) groups is 2. The first-order valence-corrected chi connectivity index (χ1v) is 11.3. The first-order valence-electron chi connectivity index (χ1n) is 11.3. The average Bonchev–Trinajstić information content (AvgIpc) is 2.86. The Morgan fingerprint density at radius 2 is 1.63 bits per heavy atom. The zero-order valence-electron chi connectivity index (χ0n) is 20.0. The van der Waals surface area contributed by atoms with Gasteiger partial charge in [0.2, 0.25) is 0 Å². The highest BCUT2D eigenvalue weighted by atomic mass is 19.4. The summed E-state index contributed by atoms with van der Waals surface area (Å²) in [4.78, 5) is 24.3. The standard InChI is InChI=1S/C27H24F4N2O5/c28-23-15-21(36-13-1-12-27(29,30)31)8-9-22(23)26(35)38-20-6-2-17(3-7-20)4-11-25(34)37-16-18-14-19(32)5-10-24(18)33/h2-11,14-15H,1,12-13,16,32-33H2. The molecule has 0 atom stereocenters. The highest BCUT2D eigenvalue weighted by Gasteiger charge is 2.26. The fourth-order valence-electron chi connectivity index (χ4n) is 3.13. The van der Waals surface area contributed by atoms with Gasteiger partial charge in [-0.1, -0.05) is 12.1 Å². The van der Waals surface area contributed by atoms with Crippen molar-refractivity contribution in [2.24, 2.45) is 0 Å². The van der Waals surface area contributed by atoms with Crippen LogP contribution >= 0.6 is 0 Å². The Morgan fingerprint density at radius 3 is 2.32 bits per heavy atom. The molecule has 0 spiro atoms. The van der Waals surface area contributed by atoms with Gasteiger partial charge >= 0.3 is 18.1 Å². The van der Waals surface area contributed by atoms with Crippen LogP contribution in [0.15, 0.2) is 66.7 Å². The number of nitrogens with two attached hydrogens (primary N) is 2. The van der Waals surface area contributed by atoms with Crippen molar-refractivity contribution in [3.05, 3.63) is 89.2 Å². The van der Waals surface area contributed by atoms with Crippen LogP contribution in [-0.2, 0) is 16.1 Å². The molecule has 0 aromatic heterocycles. The number of anilines is 2. The van der Waals surface area contributed by atoms with E-state index < -0.39 is 30.4 Å². The van der Waals surface area contributed by atoms with Crippen molar-refractivity contribution in [1.29, 1.82) is 0 Å². The second-order valence-corrected chi connectivity index (χ2v) is 8.07. The number of alkyl halides is 3. The molecular formula is C27H24F4N2O5. The summed E-state index contributed by atoms with van der Waals surface area (Å²) < 4.78 is 66.2. The van der Waals surface area contributed by atoms with Gasteiger partial charge in [0.05, 0.1) is 12.2 Å². The number of benzene rings is 3. The van der Waals surface area contributed by atoms with Gasteiger partial charge < -0.3 is 25.7 Å². The Morgan fingerprint density at radius 1 is 0.921 bits per heavy atom. The summed E-state index contributed by atoms with van der Waals surface area (Å²) in [5.74, 6) is -2.41. The van der Waals surface area contributed by atoms with Crippen molar-refractivity contribution >= 4 is 29.4 Å². The molecule has 0 aliphatic heterocycles. The monoisotopic (exact) mass is 532 g/mol. The Balaban J connectivity index is 1.50. The second-order valence-electron chi connectivity index (χ2n) is 8.07. The van der Waals surface area contributed by atoms with Gasteiger partial charge in [0.25, 0.3) is 0 Å². The first-order chi connectivity index (χ1) is 18.0. The van der Waals surface area contributed by atoms with Crippen LogP contribution < -0.4 is 20.9 Å². The molecule has 7 nitrogen and oxygen atoms in total. The van der Waals surface area contributed by atoms with Gasteiger partial charge in [-0.05, 0) is 60.5 Å². The van der Waals surface area contributed by atoms with E-state index in [1.54, 1.807) is 30.3 Å². The van der Waals surface area contributed by atoms with Crippen molar-refractivity contribution in [2.75, 3.05) is 18.1 Å². The van der Waals surface area contributed by atoms with Crippen molar-refractivity contribution in [3.63, 3.8) is 0 Å². The molecule has 0 heterocycles. The van der Waals surface area contributed by atoms with Crippen molar-refractivity contribution < 1.29 is 41.4 Å². The minimum atomic E-state index is -4.30. The Kier molecular flexibility index (Phi) is 9.31. The molecule has 0 aliphatic carbocycles. The number of hydrogen-bond acceptors (Lipinski definition) is 7. The zero-order chi connectivity index (χ0) is 27.7. The molecule has 11 heteroatoms. The van der Waals surface area contributed by atoms with Crippen LogP contribution in [0.5, 0.6) is 11.5 Å². The molecule has 4 N–H and O–H groups in total. The van der Waals surface area contributed by atoms with E-state index in [-0.39, 0.29) is 36.7 Å². The molecule has 0 bridgehead atoms. The average molecular weight is 532 g/mol. The summed E-state index contributed by atoms with van der Waals surface area (Å²) in [6, 6.07) is 14.2. The maximum absolute atomic E-state index is 14.3. The maximum Gasteiger partial charge on any atom is 0.389 e. The van der Waals surface area contributed by atoms with E-state index in [1.807, 2.05) is 0 Å². The van der Waals surface area contributed by atoms with Gasteiger partial charge in [-0.15, -0.1) is 0 Å². The number of esters is 2. The molecule has 3 aromatic carbocycles. The van der Waals surface area contributed by atoms with Gasteiger partial charge in [-0.3, -0.25) is 0 Å². The summed E-state index contributed by atoms with van der Waals surface area (Å²) in [6.45, 7) is -0.297.